The zero-order valence-corrected chi connectivity index (χ0v) is 20.4. The average molecular weight is 493 g/mol. The Labute approximate surface area is 209 Å². The largest absolute Gasteiger partial charge is 0.465 e. The lowest BCUT2D eigenvalue weighted by molar-refractivity contribution is 0.0347. The van der Waals surface area contributed by atoms with Crippen LogP contribution in [-0.4, -0.2) is 72.4 Å². The van der Waals surface area contributed by atoms with Gasteiger partial charge in [0.05, 0.1) is 37.6 Å². The number of nitrogens with one attached hydrogen (secondary N) is 1. The van der Waals surface area contributed by atoms with E-state index in [-0.39, 0.29) is 18.1 Å². The summed E-state index contributed by atoms with van der Waals surface area (Å²) in [5, 5.41) is 4.15. The van der Waals surface area contributed by atoms with Crippen molar-refractivity contribution in [3.05, 3.63) is 77.8 Å². The summed E-state index contributed by atoms with van der Waals surface area (Å²) in [5.74, 6) is 1.08. The molecule has 35 heavy (non-hydrogen) atoms. The first-order valence-corrected chi connectivity index (χ1v) is 12.1. The van der Waals surface area contributed by atoms with E-state index in [4.69, 9.17) is 26.1 Å². The van der Waals surface area contributed by atoms with Crippen LogP contribution in [0.3, 0.4) is 0 Å². The Hall–Kier alpha value is -3.27. The first-order chi connectivity index (χ1) is 17.1. The lowest BCUT2D eigenvalue weighted by Gasteiger charge is -2.31. The van der Waals surface area contributed by atoms with E-state index in [9.17, 15) is 4.79 Å². The van der Waals surface area contributed by atoms with Gasteiger partial charge < -0.3 is 24.1 Å². The van der Waals surface area contributed by atoms with Gasteiger partial charge in [-0.3, -0.25) is 9.88 Å². The van der Waals surface area contributed by atoms with E-state index in [0.717, 1.165) is 56.4 Å². The number of furan rings is 1. The summed E-state index contributed by atoms with van der Waals surface area (Å²) in [6, 6.07) is 16.7. The van der Waals surface area contributed by atoms with E-state index in [1.807, 2.05) is 42.5 Å². The van der Waals surface area contributed by atoms with Crippen LogP contribution in [0.4, 0.5) is 0 Å². The fourth-order valence-corrected chi connectivity index (χ4v) is 4.95. The predicted molar refractivity (Wildman–Crippen MR) is 135 cm³/mol. The second-order valence-corrected chi connectivity index (χ2v) is 8.94. The molecule has 3 aromatic rings. The minimum atomic E-state index is -0.381. The number of carbonyl (C=O) groups is 1. The zero-order chi connectivity index (χ0) is 24.2. The molecule has 0 aliphatic carbocycles. The topological polar surface area (TPSA) is 80.1 Å². The van der Waals surface area contributed by atoms with Gasteiger partial charge in [0, 0.05) is 37.9 Å². The monoisotopic (exact) mass is 492 g/mol. The Kier molecular flexibility index (Phi) is 7.08. The maximum absolute atomic E-state index is 12.0. The van der Waals surface area contributed by atoms with Crippen LogP contribution >= 0.6 is 12.2 Å². The molecule has 2 saturated heterocycles. The fraction of sp³-hybridized carbons (Fsp3) is 0.346. The summed E-state index contributed by atoms with van der Waals surface area (Å²) in [5.41, 5.74) is 2.19. The molecule has 4 heterocycles. The summed E-state index contributed by atoms with van der Waals surface area (Å²) in [4.78, 5) is 21.2. The first kappa shape index (κ1) is 23.5. The molecule has 8 nitrogen and oxygen atoms in total. The van der Waals surface area contributed by atoms with Crippen molar-refractivity contribution >= 4 is 23.3 Å². The van der Waals surface area contributed by atoms with Gasteiger partial charge in [-0.05, 0) is 48.6 Å². The summed E-state index contributed by atoms with van der Waals surface area (Å²) in [6.07, 6.45) is 1.79. The van der Waals surface area contributed by atoms with Gasteiger partial charge in [0.15, 0.2) is 5.11 Å². The van der Waals surface area contributed by atoms with Crippen LogP contribution < -0.4 is 5.32 Å². The Bertz CT molecular complexity index is 1180. The van der Waals surface area contributed by atoms with Gasteiger partial charge in [-0.15, -0.1) is 0 Å². The molecular weight excluding hydrogens is 464 g/mol. The fourth-order valence-electron chi connectivity index (χ4n) is 4.61. The molecule has 182 valence electrons. The van der Waals surface area contributed by atoms with Crippen molar-refractivity contribution in [2.45, 2.75) is 12.1 Å². The summed E-state index contributed by atoms with van der Waals surface area (Å²) >= 11 is 5.77. The number of rotatable bonds is 7. The molecule has 0 bridgehead atoms. The van der Waals surface area contributed by atoms with Crippen molar-refractivity contribution in [2.75, 3.05) is 46.5 Å². The molecular formula is C26H28N4O4S. The van der Waals surface area contributed by atoms with Gasteiger partial charge in [0.25, 0.3) is 0 Å². The molecule has 0 spiro atoms. The smallest absolute Gasteiger partial charge is 0.337 e. The maximum Gasteiger partial charge on any atom is 0.337 e. The molecule has 1 N–H and O–H groups in total. The van der Waals surface area contributed by atoms with E-state index in [1.54, 1.807) is 18.3 Å². The molecule has 1 aromatic carbocycles. The van der Waals surface area contributed by atoms with Crippen molar-refractivity contribution in [3.8, 4) is 11.3 Å². The third-order valence-electron chi connectivity index (χ3n) is 6.45. The van der Waals surface area contributed by atoms with Crippen LogP contribution in [0.25, 0.3) is 11.3 Å². The van der Waals surface area contributed by atoms with Gasteiger partial charge in [-0.2, -0.15) is 0 Å². The molecule has 2 fully saturated rings. The summed E-state index contributed by atoms with van der Waals surface area (Å²) in [6.45, 7) is 5.00. The molecule has 2 aliphatic heterocycles. The lowest BCUT2D eigenvalue weighted by Crippen LogP contribution is -2.42. The van der Waals surface area contributed by atoms with Gasteiger partial charge in [-0.25, -0.2) is 4.79 Å². The number of aromatic nitrogens is 1. The Morgan fingerprint density at radius 2 is 2.00 bits per heavy atom. The molecule has 2 aliphatic rings. The number of hydrogen-bond donors (Lipinski definition) is 1. The Morgan fingerprint density at radius 3 is 2.77 bits per heavy atom. The number of methoxy groups -OCH3 is 1. The maximum atomic E-state index is 12.0. The highest BCUT2D eigenvalue weighted by Gasteiger charge is 2.41. The second kappa shape index (κ2) is 10.6. The second-order valence-electron chi connectivity index (χ2n) is 8.55. The SMILES string of the molecule is COC(=O)c1cccc(-c2ccc([C@H]3[C@@H](c4ccccn4)NC(=S)N3CCN3CCOCC3)o2)c1. The highest BCUT2D eigenvalue weighted by Crippen LogP contribution is 2.40. The number of carbonyl (C=O) groups excluding carboxylic acids is 1. The molecule has 2 aromatic heterocycles. The van der Waals surface area contributed by atoms with E-state index in [1.165, 1.54) is 7.11 Å². The quantitative estimate of drug-likeness (QED) is 0.394. The first-order valence-electron chi connectivity index (χ1n) is 11.7. The average Bonchev–Trinajstić information content (AvgIpc) is 3.52. The number of hydrogen-bond acceptors (Lipinski definition) is 7. The lowest BCUT2D eigenvalue weighted by atomic mass is 10.0. The molecule has 0 radical (unpaired) electrons. The van der Waals surface area contributed by atoms with Gasteiger partial charge in [-0.1, -0.05) is 18.2 Å². The number of pyridine rings is 1. The number of esters is 1. The van der Waals surface area contributed by atoms with Gasteiger partial charge in [0.2, 0.25) is 0 Å². The highest BCUT2D eigenvalue weighted by molar-refractivity contribution is 7.80. The molecule has 0 saturated carbocycles. The van der Waals surface area contributed by atoms with Crippen LogP contribution in [0.5, 0.6) is 0 Å². The molecule has 9 heteroatoms. The predicted octanol–water partition coefficient (Wildman–Crippen LogP) is 3.43. The van der Waals surface area contributed by atoms with Crippen LogP contribution in [0.1, 0.15) is 33.9 Å². The normalized spacial score (nSPS) is 20.6. The number of nitrogens with zero attached hydrogens (tertiary/aromatic N) is 3. The summed E-state index contributed by atoms with van der Waals surface area (Å²) in [7, 11) is 1.37. The molecule has 5 rings (SSSR count). The van der Waals surface area contributed by atoms with E-state index < -0.39 is 0 Å². The third-order valence-corrected chi connectivity index (χ3v) is 6.80. The van der Waals surface area contributed by atoms with Crippen molar-refractivity contribution in [3.63, 3.8) is 0 Å². The molecule has 2 atom stereocenters. The van der Waals surface area contributed by atoms with Gasteiger partial charge >= 0.3 is 5.97 Å². The van der Waals surface area contributed by atoms with E-state index in [2.05, 4.69) is 20.1 Å². The van der Waals surface area contributed by atoms with E-state index >= 15 is 0 Å². The number of morpholine rings is 1. The number of thiocarbonyl (C=S) groups is 1. The minimum Gasteiger partial charge on any atom is -0.465 e. The molecule has 0 amide bonds. The van der Waals surface area contributed by atoms with Crippen LogP contribution in [0, 0.1) is 0 Å². The summed E-state index contributed by atoms with van der Waals surface area (Å²) < 4.78 is 16.7. The van der Waals surface area contributed by atoms with Crippen LogP contribution in [0.2, 0.25) is 0 Å². The van der Waals surface area contributed by atoms with Crippen LogP contribution in [0.15, 0.2) is 65.2 Å². The Balaban J connectivity index is 1.44. The third kappa shape index (κ3) is 5.07. The van der Waals surface area contributed by atoms with Crippen molar-refractivity contribution in [1.29, 1.82) is 0 Å². The number of ether oxygens (including phenoxy) is 2. The number of benzene rings is 1. The van der Waals surface area contributed by atoms with E-state index in [0.29, 0.717) is 16.4 Å². The van der Waals surface area contributed by atoms with Crippen molar-refractivity contribution in [2.24, 2.45) is 0 Å². The standard InChI is InChI=1S/C26H28N4O4S/c1-32-25(31)19-6-4-5-18(17-19)21-8-9-22(34-21)24-23(20-7-2-3-10-27-20)28-26(35)30(24)12-11-29-13-15-33-16-14-29/h2-10,17,23-24H,11-16H2,1H3,(H,28,35)/t23-,24+/m1/s1. The Morgan fingerprint density at radius 1 is 1.14 bits per heavy atom. The van der Waals surface area contributed by atoms with Crippen molar-refractivity contribution < 1.29 is 18.7 Å². The van der Waals surface area contributed by atoms with Gasteiger partial charge in [0.1, 0.15) is 17.6 Å². The zero-order valence-electron chi connectivity index (χ0n) is 19.6. The van der Waals surface area contributed by atoms with Crippen LogP contribution in [-0.2, 0) is 9.47 Å². The highest BCUT2D eigenvalue weighted by atomic mass is 32.1. The van der Waals surface area contributed by atoms with Crippen molar-refractivity contribution in [1.82, 2.24) is 20.1 Å². The molecule has 0 unspecified atom stereocenters. The minimum absolute atomic E-state index is 0.145.